The molecule has 2 bridgehead atoms. The Balaban J connectivity index is 2.33. The van der Waals surface area contributed by atoms with Gasteiger partial charge in [0.25, 0.3) is 0 Å². The summed E-state index contributed by atoms with van der Waals surface area (Å²) in [5.74, 6) is -1.79. The van der Waals surface area contributed by atoms with Crippen LogP contribution in [-0.4, -0.2) is 109 Å². The zero-order chi connectivity index (χ0) is 29.7. The molecule has 3 aliphatic rings. The van der Waals surface area contributed by atoms with Crippen LogP contribution in [0, 0.1) is 5.92 Å². The van der Waals surface area contributed by atoms with E-state index in [-0.39, 0.29) is 49.7 Å². The molecule has 4 amide bonds. The minimum Gasteiger partial charge on any atom is -0.457 e. The summed E-state index contributed by atoms with van der Waals surface area (Å²) in [6.45, 7) is 4.87. The number of aliphatic hydroxyl groups is 1. The molecule has 1 fully saturated rings. The monoisotopic (exact) mass is 601 g/mol. The van der Waals surface area contributed by atoms with Crippen LogP contribution in [-0.2, 0) is 28.7 Å². The highest BCUT2D eigenvalue weighted by molar-refractivity contribution is 8.76. The van der Waals surface area contributed by atoms with Crippen molar-refractivity contribution in [3.63, 3.8) is 0 Å². The fourth-order valence-corrected chi connectivity index (χ4v) is 6.04. The highest BCUT2D eigenvalue weighted by atomic mass is 33.1. The van der Waals surface area contributed by atoms with Gasteiger partial charge in [-0.1, -0.05) is 41.5 Å². The van der Waals surface area contributed by atoms with Gasteiger partial charge >= 0.3 is 5.97 Å². The Morgan fingerprint density at radius 3 is 2.58 bits per heavy atom. The summed E-state index contributed by atoms with van der Waals surface area (Å²) in [6.07, 6.45) is 1.01. The second-order valence-corrected chi connectivity index (χ2v) is 13.1. The average molecular weight is 602 g/mol. The van der Waals surface area contributed by atoms with Gasteiger partial charge in [-0.15, -0.1) is 0 Å². The quantitative estimate of drug-likeness (QED) is 0.152. The van der Waals surface area contributed by atoms with Gasteiger partial charge in [-0.05, 0) is 38.9 Å². The Bertz CT molecular complexity index is 918. The number of likely N-dealkylation sites (N-methyl/N-ethyl adjacent to an activating group) is 1. The predicted molar refractivity (Wildman–Crippen MR) is 155 cm³/mol. The van der Waals surface area contributed by atoms with Crippen LogP contribution in [0.25, 0.3) is 0 Å². The predicted octanol–water partition coefficient (Wildman–Crippen LogP) is -0.0374. The van der Waals surface area contributed by atoms with Crippen molar-refractivity contribution in [3.05, 3.63) is 12.2 Å². The topological polar surface area (TPSA) is 166 Å². The SMILES string of the molecule is CC(C)[C@H]1C[C@@H](O)CC(=O)O[C@@H]2/C=C/CSSC[C@@H](NC(=O)[C@H](CCC(=O)NCCN(C)C)NC(=O)C2)C(=O)N1. The maximum absolute atomic E-state index is 13.4. The standard InChI is InChI=1S/C26H43N5O7S2/c1-16(2)20-12-17(32)13-24(35)38-18-6-5-11-39-40-15-21(26(37)29-20)30-25(36)19(28-23(34)14-18)7-8-22(33)27-9-10-31(3)4/h5-6,16-21,32H,7-15H2,1-4H3,(H,27,33)(H,28,34)(H,29,37)(H,30,36)/b6-5+/t17-,18-,19+,20-,21-/m1/s1. The third kappa shape index (κ3) is 12.9. The van der Waals surface area contributed by atoms with E-state index in [1.807, 2.05) is 32.8 Å². The molecule has 12 nitrogen and oxygen atoms in total. The molecule has 5 atom stereocenters. The van der Waals surface area contributed by atoms with Crippen LogP contribution in [0.3, 0.4) is 0 Å². The van der Waals surface area contributed by atoms with Crippen molar-refractivity contribution in [2.75, 3.05) is 38.7 Å². The van der Waals surface area contributed by atoms with Gasteiger partial charge in [-0.3, -0.25) is 24.0 Å². The van der Waals surface area contributed by atoms with Gasteiger partial charge in [0.2, 0.25) is 23.6 Å². The molecule has 0 aromatic rings. The number of hydrogen-bond acceptors (Lipinski definition) is 10. The van der Waals surface area contributed by atoms with E-state index >= 15 is 0 Å². The molecule has 5 N–H and O–H groups in total. The van der Waals surface area contributed by atoms with E-state index in [1.165, 1.54) is 21.6 Å². The van der Waals surface area contributed by atoms with Crippen LogP contribution in [0.4, 0.5) is 0 Å². The molecule has 0 unspecified atom stereocenters. The Morgan fingerprint density at radius 2 is 1.88 bits per heavy atom. The summed E-state index contributed by atoms with van der Waals surface area (Å²) in [5, 5.41) is 21.7. The number of rotatable bonds is 7. The summed E-state index contributed by atoms with van der Waals surface area (Å²) >= 11 is 0. The first-order valence-corrected chi connectivity index (χ1v) is 16.0. The Labute approximate surface area is 243 Å². The van der Waals surface area contributed by atoms with Crippen LogP contribution in [0.15, 0.2) is 12.2 Å². The average Bonchev–Trinajstić information content (AvgIpc) is 2.85. The van der Waals surface area contributed by atoms with Gasteiger partial charge in [0.1, 0.15) is 18.2 Å². The van der Waals surface area contributed by atoms with Crippen molar-refractivity contribution < 1.29 is 33.8 Å². The lowest BCUT2D eigenvalue weighted by atomic mass is 9.96. The van der Waals surface area contributed by atoms with E-state index in [1.54, 1.807) is 12.2 Å². The number of carbonyl (C=O) groups is 5. The van der Waals surface area contributed by atoms with Crippen LogP contribution in [0.5, 0.6) is 0 Å². The number of ether oxygens (including phenoxy) is 1. The van der Waals surface area contributed by atoms with Crippen molar-refractivity contribution in [2.45, 2.75) is 76.3 Å². The third-order valence-corrected chi connectivity index (χ3v) is 8.67. The molecule has 1 saturated heterocycles. The molecular formula is C26H43N5O7S2. The van der Waals surface area contributed by atoms with Crippen molar-refractivity contribution >= 4 is 51.2 Å². The number of hydrogen-bond donors (Lipinski definition) is 5. The fourth-order valence-electron chi connectivity index (χ4n) is 4.07. The first-order valence-electron chi connectivity index (χ1n) is 13.5. The van der Waals surface area contributed by atoms with Crippen LogP contribution in [0.2, 0.25) is 0 Å². The molecule has 0 saturated carbocycles. The van der Waals surface area contributed by atoms with Crippen molar-refractivity contribution in [2.24, 2.45) is 5.92 Å². The molecule has 40 heavy (non-hydrogen) atoms. The van der Waals surface area contributed by atoms with E-state index in [9.17, 15) is 29.1 Å². The zero-order valence-electron chi connectivity index (χ0n) is 23.6. The summed E-state index contributed by atoms with van der Waals surface area (Å²) in [6, 6.07) is -2.46. The number of amides is 4. The smallest absolute Gasteiger partial charge is 0.309 e. The lowest BCUT2D eigenvalue weighted by Gasteiger charge is -2.29. The third-order valence-electron chi connectivity index (χ3n) is 6.39. The number of nitrogens with one attached hydrogen (secondary N) is 4. The van der Waals surface area contributed by atoms with Gasteiger partial charge in [0.15, 0.2) is 0 Å². The van der Waals surface area contributed by atoms with Crippen LogP contribution >= 0.6 is 21.6 Å². The van der Waals surface area contributed by atoms with E-state index < -0.39 is 54.0 Å². The van der Waals surface area contributed by atoms with E-state index in [2.05, 4.69) is 21.3 Å². The van der Waals surface area contributed by atoms with Gasteiger partial charge in [-0.2, -0.15) is 0 Å². The van der Waals surface area contributed by atoms with E-state index in [0.717, 1.165) is 0 Å². The highest BCUT2D eigenvalue weighted by Crippen LogP contribution is 2.23. The lowest BCUT2D eigenvalue weighted by molar-refractivity contribution is -0.150. The van der Waals surface area contributed by atoms with Gasteiger partial charge < -0.3 is 36.0 Å². The molecule has 3 heterocycles. The van der Waals surface area contributed by atoms with Crippen molar-refractivity contribution in [1.29, 1.82) is 0 Å². The molecule has 0 aliphatic carbocycles. The highest BCUT2D eigenvalue weighted by Gasteiger charge is 2.31. The molecule has 3 rings (SSSR count). The van der Waals surface area contributed by atoms with E-state index in [0.29, 0.717) is 18.8 Å². The van der Waals surface area contributed by atoms with Gasteiger partial charge in [0.05, 0.1) is 18.9 Å². The zero-order valence-corrected chi connectivity index (χ0v) is 25.3. The molecule has 0 aromatic heterocycles. The van der Waals surface area contributed by atoms with Crippen molar-refractivity contribution in [1.82, 2.24) is 26.2 Å². The van der Waals surface area contributed by atoms with Gasteiger partial charge in [0, 0.05) is 37.1 Å². The van der Waals surface area contributed by atoms with Crippen LogP contribution < -0.4 is 21.3 Å². The minimum atomic E-state index is -1.08. The van der Waals surface area contributed by atoms with E-state index in [4.69, 9.17) is 4.74 Å². The Kier molecular flexibility index (Phi) is 14.8. The minimum absolute atomic E-state index is 0.0150. The molecule has 226 valence electrons. The largest absolute Gasteiger partial charge is 0.457 e. The second-order valence-electron chi connectivity index (χ2n) is 10.6. The first kappa shape index (κ1) is 33.9. The number of nitrogens with zero attached hydrogens (tertiary/aromatic N) is 1. The maximum Gasteiger partial charge on any atom is 0.309 e. The lowest BCUT2D eigenvalue weighted by Crippen LogP contribution is -2.57. The van der Waals surface area contributed by atoms with Crippen LogP contribution in [0.1, 0.15) is 46.0 Å². The number of carbonyl (C=O) groups excluding carboxylic acids is 5. The molecule has 0 aromatic carbocycles. The number of aliphatic hydroxyl groups excluding tert-OH is 1. The molecular weight excluding hydrogens is 558 g/mol. The maximum atomic E-state index is 13.4. The summed E-state index contributed by atoms with van der Waals surface area (Å²) in [5.41, 5.74) is 0. The summed E-state index contributed by atoms with van der Waals surface area (Å²) in [4.78, 5) is 66.6. The fraction of sp³-hybridized carbons (Fsp3) is 0.731. The second kappa shape index (κ2) is 17.5. The molecule has 0 radical (unpaired) electrons. The van der Waals surface area contributed by atoms with Gasteiger partial charge in [-0.25, -0.2) is 0 Å². The molecule has 0 spiro atoms. The normalized spacial score (nSPS) is 28.3. The molecule has 3 aliphatic heterocycles. The summed E-state index contributed by atoms with van der Waals surface area (Å²) in [7, 11) is 6.63. The number of esters is 1. The number of fused-ring (bicyclic) bond motifs is 16. The first-order chi connectivity index (χ1) is 18.9. The van der Waals surface area contributed by atoms with Crippen molar-refractivity contribution in [3.8, 4) is 0 Å². The Morgan fingerprint density at radius 1 is 1.12 bits per heavy atom. The summed E-state index contributed by atoms with van der Waals surface area (Å²) < 4.78 is 5.50. The molecule has 14 heteroatoms. The Hall–Kier alpha value is -2.29.